The van der Waals surface area contributed by atoms with Crippen LogP contribution >= 0.6 is 0 Å². The maximum absolute atomic E-state index is 6.12. The van der Waals surface area contributed by atoms with Crippen molar-refractivity contribution in [2.24, 2.45) is 0 Å². The van der Waals surface area contributed by atoms with E-state index in [0.29, 0.717) is 0 Å². The second-order valence-corrected chi connectivity index (χ2v) is 6.28. The molecule has 0 aliphatic heterocycles. The van der Waals surface area contributed by atoms with Crippen molar-refractivity contribution in [1.29, 1.82) is 0 Å². The second kappa shape index (κ2) is 5.99. The lowest BCUT2D eigenvalue weighted by molar-refractivity contribution is 0.414. The van der Waals surface area contributed by atoms with Gasteiger partial charge in [0.15, 0.2) is 0 Å². The third-order valence-electron chi connectivity index (χ3n) is 4.82. The lowest BCUT2D eigenvalue weighted by Crippen LogP contribution is -2.23. The summed E-state index contributed by atoms with van der Waals surface area (Å²) < 4.78 is 5.30. The van der Waals surface area contributed by atoms with Crippen molar-refractivity contribution in [3.63, 3.8) is 0 Å². The lowest BCUT2D eigenvalue weighted by atomic mass is 9.73. The summed E-state index contributed by atoms with van der Waals surface area (Å²) in [6.45, 7) is 4.54. The minimum absolute atomic E-state index is 0.0624. The van der Waals surface area contributed by atoms with Gasteiger partial charge in [-0.25, -0.2) is 0 Å². The molecule has 3 rings (SSSR count). The molecule has 0 fully saturated rings. The Morgan fingerprint density at radius 2 is 1.87 bits per heavy atom. The molecule has 0 aliphatic carbocycles. The Bertz CT molecular complexity index is 804. The van der Waals surface area contributed by atoms with E-state index < -0.39 is 0 Å². The number of nitrogens with two attached hydrogens (primary N) is 1. The monoisotopic (exact) mass is 308 g/mol. The molecule has 3 N–H and O–H groups in total. The van der Waals surface area contributed by atoms with Crippen LogP contribution < -0.4 is 10.5 Å². The summed E-state index contributed by atoms with van der Waals surface area (Å²) in [5.41, 5.74) is 10.5. The second-order valence-electron chi connectivity index (χ2n) is 6.28. The number of aromatic amines is 1. The van der Waals surface area contributed by atoms with Crippen LogP contribution in [-0.2, 0) is 5.41 Å². The molecule has 0 spiro atoms. The number of nitrogen functional groups attached to an aromatic ring is 1. The van der Waals surface area contributed by atoms with Gasteiger partial charge in [-0.1, -0.05) is 44.5 Å². The molecule has 0 aliphatic rings. The number of H-pyrrole nitrogens is 1. The zero-order valence-electron chi connectivity index (χ0n) is 14.0. The summed E-state index contributed by atoms with van der Waals surface area (Å²) in [5, 5.41) is 1.21. The van der Waals surface area contributed by atoms with Crippen LogP contribution in [0.1, 0.15) is 37.8 Å². The molecule has 0 radical (unpaired) electrons. The summed E-state index contributed by atoms with van der Waals surface area (Å²) in [6, 6.07) is 14.5. The number of methoxy groups -OCH3 is 1. The zero-order chi connectivity index (χ0) is 16.4. The van der Waals surface area contributed by atoms with Gasteiger partial charge in [0.05, 0.1) is 18.3 Å². The number of hydrogen-bond donors (Lipinski definition) is 2. The highest BCUT2D eigenvalue weighted by molar-refractivity contribution is 5.93. The fourth-order valence-corrected chi connectivity index (χ4v) is 3.53. The quantitative estimate of drug-likeness (QED) is 0.661. The fourth-order valence-electron chi connectivity index (χ4n) is 3.53. The average molecular weight is 308 g/mol. The van der Waals surface area contributed by atoms with Crippen molar-refractivity contribution in [3.05, 3.63) is 59.8 Å². The van der Waals surface area contributed by atoms with E-state index in [-0.39, 0.29) is 5.41 Å². The molecule has 0 saturated heterocycles. The number of fused-ring (bicyclic) bond motifs is 1. The Balaban J connectivity index is 2.17. The van der Waals surface area contributed by atoms with Crippen molar-refractivity contribution in [2.45, 2.75) is 32.1 Å². The third kappa shape index (κ3) is 2.56. The number of anilines is 1. The first-order chi connectivity index (χ1) is 11.1. The van der Waals surface area contributed by atoms with Crippen LogP contribution in [0.3, 0.4) is 0 Å². The van der Waals surface area contributed by atoms with E-state index >= 15 is 0 Å². The Morgan fingerprint density at radius 3 is 2.52 bits per heavy atom. The fraction of sp³-hybridized carbons (Fsp3) is 0.300. The number of rotatable bonds is 5. The first-order valence-electron chi connectivity index (χ1n) is 8.10. The van der Waals surface area contributed by atoms with Crippen molar-refractivity contribution in [2.75, 3.05) is 12.8 Å². The van der Waals surface area contributed by atoms with Crippen LogP contribution in [0.25, 0.3) is 10.9 Å². The molecule has 23 heavy (non-hydrogen) atoms. The Kier molecular flexibility index (Phi) is 4.03. The molecule has 120 valence electrons. The summed E-state index contributed by atoms with van der Waals surface area (Å²) in [5.74, 6) is 0.885. The van der Waals surface area contributed by atoms with Gasteiger partial charge in [0.25, 0.3) is 0 Å². The molecule has 1 aromatic heterocycles. The number of hydrogen-bond acceptors (Lipinski definition) is 2. The molecule has 0 amide bonds. The Hall–Kier alpha value is -2.42. The van der Waals surface area contributed by atoms with E-state index in [2.05, 4.69) is 43.2 Å². The van der Waals surface area contributed by atoms with E-state index in [1.165, 1.54) is 16.5 Å². The predicted molar refractivity (Wildman–Crippen MR) is 97.1 cm³/mol. The third-order valence-corrected chi connectivity index (χ3v) is 4.82. The SMILES string of the molecule is CCCC(C)(c1ccc(OC)cc1)c1c[nH]c2c(N)cccc12. The van der Waals surface area contributed by atoms with Gasteiger partial charge in [-0.05, 0) is 35.7 Å². The van der Waals surface area contributed by atoms with Gasteiger partial charge in [0.1, 0.15) is 5.75 Å². The molecule has 3 heteroatoms. The van der Waals surface area contributed by atoms with E-state index in [9.17, 15) is 0 Å². The van der Waals surface area contributed by atoms with Gasteiger partial charge >= 0.3 is 0 Å². The number of para-hydroxylation sites is 1. The van der Waals surface area contributed by atoms with Gasteiger partial charge < -0.3 is 15.5 Å². The van der Waals surface area contributed by atoms with E-state index in [0.717, 1.165) is 29.8 Å². The lowest BCUT2D eigenvalue weighted by Gasteiger charge is -2.30. The van der Waals surface area contributed by atoms with Crippen LogP contribution in [0.2, 0.25) is 0 Å². The Labute approximate surface area is 137 Å². The van der Waals surface area contributed by atoms with E-state index in [1.54, 1.807) is 7.11 Å². The molecule has 3 aromatic rings. The average Bonchev–Trinajstić information content (AvgIpc) is 3.01. The molecule has 1 unspecified atom stereocenters. The first-order valence-corrected chi connectivity index (χ1v) is 8.10. The van der Waals surface area contributed by atoms with Gasteiger partial charge in [0, 0.05) is 17.0 Å². The maximum atomic E-state index is 6.12. The van der Waals surface area contributed by atoms with Crippen molar-refractivity contribution in [3.8, 4) is 5.75 Å². The topological polar surface area (TPSA) is 51.0 Å². The predicted octanol–water partition coefficient (Wildman–Crippen LogP) is 4.86. The molecular weight excluding hydrogens is 284 g/mol. The standard InChI is InChI=1S/C20H24N2O/c1-4-12-20(2,14-8-10-15(23-3)11-9-14)17-13-22-19-16(17)6-5-7-18(19)21/h5-11,13,22H,4,12,21H2,1-3H3. The maximum Gasteiger partial charge on any atom is 0.118 e. The van der Waals surface area contributed by atoms with Gasteiger partial charge in [-0.2, -0.15) is 0 Å². The van der Waals surface area contributed by atoms with Crippen LogP contribution in [0, 0.1) is 0 Å². The molecular formula is C20H24N2O. The van der Waals surface area contributed by atoms with Crippen LogP contribution in [0.5, 0.6) is 5.75 Å². The van der Waals surface area contributed by atoms with Crippen LogP contribution in [0.15, 0.2) is 48.7 Å². The number of nitrogens with one attached hydrogen (secondary N) is 1. The van der Waals surface area contributed by atoms with Gasteiger partial charge in [0.2, 0.25) is 0 Å². The largest absolute Gasteiger partial charge is 0.497 e. The molecule has 2 aromatic carbocycles. The highest BCUT2D eigenvalue weighted by Crippen LogP contribution is 2.41. The normalized spacial score (nSPS) is 13.9. The smallest absolute Gasteiger partial charge is 0.118 e. The minimum atomic E-state index is -0.0624. The molecule has 1 atom stereocenters. The summed E-state index contributed by atoms with van der Waals surface area (Å²) in [7, 11) is 1.70. The highest BCUT2D eigenvalue weighted by atomic mass is 16.5. The van der Waals surface area contributed by atoms with Crippen molar-refractivity contribution < 1.29 is 4.74 Å². The number of ether oxygens (including phenoxy) is 1. The van der Waals surface area contributed by atoms with Gasteiger partial charge in [-0.15, -0.1) is 0 Å². The molecule has 0 saturated carbocycles. The number of benzene rings is 2. The van der Waals surface area contributed by atoms with Crippen LogP contribution in [0.4, 0.5) is 5.69 Å². The van der Waals surface area contributed by atoms with Crippen molar-refractivity contribution >= 4 is 16.6 Å². The van der Waals surface area contributed by atoms with E-state index in [4.69, 9.17) is 10.5 Å². The summed E-state index contributed by atoms with van der Waals surface area (Å²) in [6.07, 6.45) is 4.29. The molecule has 1 heterocycles. The first kappa shape index (κ1) is 15.5. The van der Waals surface area contributed by atoms with Crippen molar-refractivity contribution in [1.82, 2.24) is 4.98 Å². The summed E-state index contributed by atoms with van der Waals surface area (Å²) >= 11 is 0. The minimum Gasteiger partial charge on any atom is -0.497 e. The van der Waals surface area contributed by atoms with E-state index in [1.807, 2.05) is 24.3 Å². The molecule has 3 nitrogen and oxygen atoms in total. The number of aromatic nitrogens is 1. The molecule has 0 bridgehead atoms. The van der Waals surface area contributed by atoms with Crippen LogP contribution in [-0.4, -0.2) is 12.1 Å². The highest BCUT2D eigenvalue weighted by Gasteiger charge is 2.30. The van der Waals surface area contributed by atoms with Gasteiger partial charge in [-0.3, -0.25) is 0 Å². The summed E-state index contributed by atoms with van der Waals surface area (Å²) in [4.78, 5) is 3.36. The zero-order valence-corrected chi connectivity index (χ0v) is 14.0. The Morgan fingerprint density at radius 1 is 1.13 bits per heavy atom.